The minimum atomic E-state index is -0.750. The van der Waals surface area contributed by atoms with Crippen LogP contribution < -0.4 is 0 Å². The van der Waals surface area contributed by atoms with Crippen LogP contribution in [0.4, 0.5) is 0 Å². The summed E-state index contributed by atoms with van der Waals surface area (Å²) in [6.07, 6.45) is 5.71. The summed E-state index contributed by atoms with van der Waals surface area (Å²) >= 11 is 0. The molecular formula is C14H23NO3. The number of piperidine rings is 1. The van der Waals surface area contributed by atoms with Gasteiger partial charge >= 0.3 is 5.97 Å². The molecular weight excluding hydrogens is 230 g/mol. The number of allylic oxidation sites excluding steroid dienone is 1. The van der Waals surface area contributed by atoms with Crippen molar-refractivity contribution < 1.29 is 14.7 Å². The summed E-state index contributed by atoms with van der Waals surface area (Å²) in [6.45, 7) is 5.38. The van der Waals surface area contributed by atoms with Crippen LogP contribution in [-0.4, -0.2) is 35.0 Å². The number of nitrogens with zero attached hydrogens (tertiary/aromatic N) is 1. The third-order valence-corrected chi connectivity index (χ3v) is 3.42. The summed E-state index contributed by atoms with van der Waals surface area (Å²) in [6, 6.07) is 0. The van der Waals surface area contributed by atoms with Crippen LogP contribution in [0.15, 0.2) is 11.6 Å². The highest BCUT2D eigenvalue weighted by Crippen LogP contribution is 2.22. The molecule has 0 radical (unpaired) electrons. The van der Waals surface area contributed by atoms with Crippen molar-refractivity contribution in [1.82, 2.24) is 4.90 Å². The first kappa shape index (κ1) is 14.7. The summed E-state index contributed by atoms with van der Waals surface area (Å²) in [7, 11) is 0. The molecule has 0 bridgehead atoms. The second kappa shape index (κ2) is 7.19. The van der Waals surface area contributed by atoms with Crippen molar-refractivity contribution in [3.8, 4) is 0 Å². The van der Waals surface area contributed by atoms with E-state index in [2.05, 4.69) is 0 Å². The van der Waals surface area contributed by atoms with Crippen molar-refractivity contribution in [2.75, 3.05) is 13.1 Å². The van der Waals surface area contributed by atoms with Gasteiger partial charge in [-0.1, -0.05) is 13.0 Å². The van der Waals surface area contributed by atoms with E-state index in [0.29, 0.717) is 18.9 Å². The Morgan fingerprint density at radius 3 is 2.78 bits per heavy atom. The lowest BCUT2D eigenvalue weighted by molar-refractivity contribution is -0.137. The van der Waals surface area contributed by atoms with Gasteiger partial charge in [0.2, 0.25) is 5.91 Å². The normalized spacial score (nSPS) is 20.9. The summed E-state index contributed by atoms with van der Waals surface area (Å²) in [5.41, 5.74) is 0.802. The van der Waals surface area contributed by atoms with E-state index in [1.165, 1.54) is 0 Å². The lowest BCUT2D eigenvalue weighted by Gasteiger charge is -2.33. The monoisotopic (exact) mass is 253 g/mol. The Morgan fingerprint density at radius 1 is 1.44 bits per heavy atom. The zero-order valence-corrected chi connectivity index (χ0v) is 11.3. The van der Waals surface area contributed by atoms with E-state index in [4.69, 9.17) is 5.11 Å². The van der Waals surface area contributed by atoms with E-state index >= 15 is 0 Å². The third kappa shape index (κ3) is 4.51. The first-order valence-electron chi connectivity index (χ1n) is 6.72. The summed E-state index contributed by atoms with van der Waals surface area (Å²) in [5.74, 6) is -0.300. The van der Waals surface area contributed by atoms with Crippen LogP contribution in [0.25, 0.3) is 0 Å². The second-order valence-electron chi connectivity index (χ2n) is 4.99. The molecule has 1 aliphatic heterocycles. The number of likely N-dealkylation sites (tertiary alicyclic amines) is 1. The Labute approximate surface area is 109 Å². The maximum absolute atomic E-state index is 12.1. The molecule has 0 aromatic rings. The fourth-order valence-electron chi connectivity index (χ4n) is 2.46. The zero-order chi connectivity index (χ0) is 13.5. The molecule has 0 spiro atoms. The molecule has 0 saturated carbocycles. The van der Waals surface area contributed by atoms with Crippen LogP contribution in [-0.2, 0) is 9.59 Å². The molecule has 1 heterocycles. The standard InChI is InChI=1S/C14H23NO3/c1-3-5-11(2)14(18)15-9-4-6-12(10-15)7-8-13(16)17/h5,12H,3-4,6-10H2,1-2H3,(H,16,17)/b11-5-/t12-/m1/s1. The van der Waals surface area contributed by atoms with Crippen molar-refractivity contribution in [3.63, 3.8) is 0 Å². The molecule has 102 valence electrons. The van der Waals surface area contributed by atoms with Gasteiger partial charge in [0.05, 0.1) is 0 Å². The molecule has 1 atom stereocenters. The average Bonchev–Trinajstić information content (AvgIpc) is 2.36. The molecule has 0 unspecified atom stereocenters. The molecule has 1 aliphatic rings. The number of carboxylic acids is 1. The summed E-state index contributed by atoms with van der Waals surface area (Å²) in [5, 5.41) is 8.69. The number of carboxylic acid groups (broad SMARTS) is 1. The van der Waals surface area contributed by atoms with Crippen molar-refractivity contribution in [2.45, 2.75) is 46.0 Å². The molecule has 0 aromatic heterocycles. The van der Waals surface area contributed by atoms with Crippen LogP contribution in [0.5, 0.6) is 0 Å². The zero-order valence-electron chi connectivity index (χ0n) is 11.3. The molecule has 1 rings (SSSR count). The van der Waals surface area contributed by atoms with Gasteiger partial charge in [-0.3, -0.25) is 9.59 Å². The van der Waals surface area contributed by atoms with Gasteiger partial charge in [-0.05, 0) is 38.5 Å². The molecule has 18 heavy (non-hydrogen) atoms. The van der Waals surface area contributed by atoms with Crippen LogP contribution >= 0.6 is 0 Å². The molecule has 0 aromatic carbocycles. The Morgan fingerprint density at radius 2 is 2.17 bits per heavy atom. The van der Waals surface area contributed by atoms with Crippen LogP contribution in [0.2, 0.25) is 0 Å². The van der Waals surface area contributed by atoms with E-state index in [1.807, 2.05) is 24.8 Å². The van der Waals surface area contributed by atoms with Crippen molar-refractivity contribution >= 4 is 11.9 Å². The van der Waals surface area contributed by atoms with E-state index in [9.17, 15) is 9.59 Å². The number of carbonyl (C=O) groups is 2. The van der Waals surface area contributed by atoms with Gasteiger partial charge in [-0.25, -0.2) is 0 Å². The Kier molecular flexibility index (Phi) is 5.89. The molecule has 1 amide bonds. The van der Waals surface area contributed by atoms with E-state index in [-0.39, 0.29) is 12.3 Å². The highest BCUT2D eigenvalue weighted by molar-refractivity contribution is 5.92. The first-order chi connectivity index (χ1) is 8.54. The molecule has 0 aliphatic carbocycles. The molecule has 1 fully saturated rings. The average molecular weight is 253 g/mol. The molecule has 1 saturated heterocycles. The van der Waals surface area contributed by atoms with Gasteiger partial charge in [0.1, 0.15) is 0 Å². The predicted octanol–water partition coefficient (Wildman–Crippen LogP) is 2.45. The van der Waals surface area contributed by atoms with Crippen LogP contribution in [0.3, 0.4) is 0 Å². The molecule has 4 heteroatoms. The number of rotatable bonds is 5. The maximum atomic E-state index is 12.1. The first-order valence-corrected chi connectivity index (χ1v) is 6.72. The Balaban J connectivity index is 2.50. The highest BCUT2D eigenvalue weighted by atomic mass is 16.4. The maximum Gasteiger partial charge on any atom is 0.303 e. The second-order valence-corrected chi connectivity index (χ2v) is 4.99. The van der Waals surface area contributed by atoms with E-state index in [0.717, 1.165) is 31.4 Å². The molecule has 4 nitrogen and oxygen atoms in total. The number of amides is 1. The lowest BCUT2D eigenvalue weighted by Crippen LogP contribution is -2.40. The Bertz CT molecular complexity index is 336. The third-order valence-electron chi connectivity index (χ3n) is 3.42. The SMILES string of the molecule is CC/C=C(/C)C(=O)N1CCC[C@H](CCC(=O)O)C1. The largest absolute Gasteiger partial charge is 0.481 e. The summed E-state index contributed by atoms with van der Waals surface area (Å²) in [4.78, 5) is 24.5. The number of aliphatic carboxylic acids is 1. The van der Waals surface area contributed by atoms with Crippen LogP contribution in [0.1, 0.15) is 46.0 Å². The summed E-state index contributed by atoms with van der Waals surface area (Å²) < 4.78 is 0. The van der Waals surface area contributed by atoms with Crippen molar-refractivity contribution in [3.05, 3.63) is 11.6 Å². The number of hydrogen-bond acceptors (Lipinski definition) is 2. The van der Waals surface area contributed by atoms with Gasteiger partial charge < -0.3 is 10.0 Å². The quantitative estimate of drug-likeness (QED) is 0.766. The predicted molar refractivity (Wildman–Crippen MR) is 70.2 cm³/mol. The van der Waals surface area contributed by atoms with Gasteiger partial charge in [0.15, 0.2) is 0 Å². The van der Waals surface area contributed by atoms with Crippen LogP contribution in [0, 0.1) is 5.92 Å². The van der Waals surface area contributed by atoms with Crippen molar-refractivity contribution in [1.29, 1.82) is 0 Å². The lowest BCUT2D eigenvalue weighted by atomic mass is 9.93. The van der Waals surface area contributed by atoms with Gasteiger partial charge in [-0.2, -0.15) is 0 Å². The van der Waals surface area contributed by atoms with E-state index < -0.39 is 5.97 Å². The smallest absolute Gasteiger partial charge is 0.303 e. The minimum absolute atomic E-state index is 0.108. The van der Waals surface area contributed by atoms with Gasteiger partial charge in [0, 0.05) is 25.1 Å². The topological polar surface area (TPSA) is 57.6 Å². The minimum Gasteiger partial charge on any atom is -0.481 e. The van der Waals surface area contributed by atoms with E-state index in [1.54, 1.807) is 0 Å². The van der Waals surface area contributed by atoms with Crippen molar-refractivity contribution in [2.24, 2.45) is 5.92 Å². The van der Waals surface area contributed by atoms with Gasteiger partial charge in [0.25, 0.3) is 0 Å². The number of carbonyl (C=O) groups excluding carboxylic acids is 1. The fourth-order valence-corrected chi connectivity index (χ4v) is 2.46. The van der Waals surface area contributed by atoms with Gasteiger partial charge in [-0.15, -0.1) is 0 Å². The number of hydrogen-bond donors (Lipinski definition) is 1. The fraction of sp³-hybridized carbons (Fsp3) is 0.714. The molecule has 1 N–H and O–H groups in total. The Hall–Kier alpha value is -1.32. The highest BCUT2D eigenvalue weighted by Gasteiger charge is 2.24.